The fraction of sp³-hybridized carbons (Fsp3) is 0.370. The van der Waals surface area contributed by atoms with Gasteiger partial charge in [0.1, 0.15) is 5.82 Å². The Morgan fingerprint density at radius 1 is 1.00 bits per heavy atom. The molecular formula is C27H28F4N6O4S. The van der Waals surface area contributed by atoms with Crippen LogP contribution in [0.3, 0.4) is 0 Å². The third kappa shape index (κ3) is 6.32. The second-order valence-electron chi connectivity index (χ2n) is 10.5. The summed E-state index contributed by atoms with van der Waals surface area (Å²) in [6.07, 6.45) is -4.18. The first-order chi connectivity index (χ1) is 19.7. The molecule has 3 aliphatic rings. The second kappa shape index (κ2) is 11.1. The van der Waals surface area contributed by atoms with E-state index >= 15 is 0 Å². The van der Waals surface area contributed by atoms with E-state index in [9.17, 15) is 35.6 Å². The van der Waals surface area contributed by atoms with E-state index in [1.165, 1.54) is 16.1 Å². The highest BCUT2D eigenvalue weighted by Gasteiger charge is 2.35. The Morgan fingerprint density at radius 3 is 2.24 bits per heavy atom. The summed E-state index contributed by atoms with van der Waals surface area (Å²) in [5.41, 5.74) is 5.51. The van der Waals surface area contributed by atoms with Gasteiger partial charge in [0.25, 0.3) is 5.91 Å². The molecule has 0 saturated heterocycles. The number of sulfonamides is 1. The quantitative estimate of drug-likeness (QED) is 0.367. The lowest BCUT2D eigenvalue weighted by molar-refractivity contribution is -0.137. The highest BCUT2D eigenvalue weighted by atomic mass is 32.2. The minimum Gasteiger partial charge on any atom is -0.335 e. The smallest absolute Gasteiger partial charge is 0.335 e. The van der Waals surface area contributed by atoms with Crippen molar-refractivity contribution in [2.24, 2.45) is 10.2 Å². The van der Waals surface area contributed by atoms with E-state index in [1.54, 1.807) is 4.90 Å². The van der Waals surface area contributed by atoms with Gasteiger partial charge in [0.2, 0.25) is 15.9 Å². The molecule has 3 aliphatic heterocycles. The maximum Gasteiger partial charge on any atom is 0.416 e. The number of primary sulfonamides is 1. The Bertz CT molecular complexity index is 1600. The van der Waals surface area contributed by atoms with Crippen LogP contribution in [-0.4, -0.2) is 73.6 Å². The molecule has 0 atom stereocenters. The second-order valence-corrected chi connectivity index (χ2v) is 12.1. The maximum absolute atomic E-state index is 14.5. The molecule has 0 aromatic heterocycles. The van der Waals surface area contributed by atoms with Gasteiger partial charge < -0.3 is 9.80 Å². The zero-order chi connectivity index (χ0) is 30.4. The minimum absolute atomic E-state index is 0.0822. The number of rotatable bonds is 7. The molecule has 42 heavy (non-hydrogen) atoms. The number of alkyl halides is 3. The number of carbonyl (C=O) groups is 2. The fourth-order valence-electron chi connectivity index (χ4n) is 5.25. The van der Waals surface area contributed by atoms with Crippen molar-refractivity contribution in [3.63, 3.8) is 0 Å². The minimum atomic E-state index is -4.50. The van der Waals surface area contributed by atoms with Crippen LogP contribution in [-0.2, 0) is 34.0 Å². The number of amides is 2. The van der Waals surface area contributed by atoms with Crippen LogP contribution in [0, 0.1) is 5.82 Å². The normalized spacial score (nSPS) is 17.3. The summed E-state index contributed by atoms with van der Waals surface area (Å²) in [6.45, 7) is 3.39. The Hall–Kier alpha value is -3.82. The number of halogens is 4. The average Bonchev–Trinajstić information content (AvgIpc) is 3.61. The van der Waals surface area contributed by atoms with Crippen molar-refractivity contribution in [2.45, 2.75) is 37.4 Å². The molecule has 2 aromatic carbocycles. The van der Waals surface area contributed by atoms with Crippen LogP contribution in [0.5, 0.6) is 0 Å². The first kappa shape index (κ1) is 29.7. The van der Waals surface area contributed by atoms with Gasteiger partial charge >= 0.3 is 6.18 Å². The summed E-state index contributed by atoms with van der Waals surface area (Å²) in [6, 6.07) is 6.36. The van der Waals surface area contributed by atoms with Crippen LogP contribution >= 0.6 is 0 Å². The molecule has 0 aliphatic carbocycles. The lowest BCUT2D eigenvalue weighted by atomic mass is 9.99. The molecule has 0 bridgehead atoms. The zero-order valence-corrected chi connectivity index (χ0v) is 23.4. The van der Waals surface area contributed by atoms with Crippen molar-refractivity contribution < 1.29 is 35.6 Å². The number of carbonyl (C=O) groups excluding carboxylic acids is 2. The molecule has 3 N–H and O–H groups in total. The third-order valence-electron chi connectivity index (χ3n) is 7.44. The van der Waals surface area contributed by atoms with E-state index in [1.807, 2.05) is 6.92 Å². The van der Waals surface area contributed by atoms with Crippen molar-refractivity contribution in [2.75, 3.05) is 32.7 Å². The average molecular weight is 609 g/mol. The predicted molar refractivity (Wildman–Crippen MR) is 144 cm³/mol. The summed E-state index contributed by atoms with van der Waals surface area (Å²) in [5.74, 6) is -1.78. The van der Waals surface area contributed by atoms with E-state index in [-0.39, 0.29) is 57.0 Å². The van der Waals surface area contributed by atoms with Crippen LogP contribution in [0.2, 0.25) is 0 Å². The number of nitrogens with one attached hydrogen (secondary N) is 1. The topological polar surface area (TPSA) is 128 Å². The van der Waals surface area contributed by atoms with E-state index in [2.05, 4.69) is 10.5 Å². The summed E-state index contributed by atoms with van der Waals surface area (Å²) >= 11 is 0. The van der Waals surface area contributed by atoms with Gasteiger partial charge in [-0.05, 0) is 65.9 Å². The van der Waals surface area contributed by atoms with Gasteiger partial charge in [0, 0.05) is 32.6 Å². The van der Waals surface area contributed by atoms with E-state index in [4.69, 9.17) is 5.14 Å². The Balaban J connectivity index is 1.19. The van der Waals surface area contributed by atoms with Gasteiger partial charge in [-0.3, -0.25) is 9.59 Å². The van der Waals surface area contributed by atoms with Crippen LogP contribution < -0.4 is 10.6 Å². The Labute approximate surface area is 239 Å². The molecule has 0 saturated carbocycles. The molecule has 2 amide bonds. The van der Waals surface area contributed by atoms with Crippen LogP contribution in [0.4, 0.5) is 17.6 Å². The van der Waals surface area contributed by atoms with Gasteiger partial charge in [-0.15, -0.1) is 0 Å². The first-order valence-corrected chi connectivity index (χ1v) is 14.6. The van der Waals surface area contributed by atoms with Gasteiger partial charge in [0.15, 0.2) is 0 Å². The predicted octanol–water partition coefficient (Wildman–Crippen LogP) is 2.42. The first-order valence-electron chi connectivity index (χ1n) is 13.0. The standard InChI is InChI=1S/C27H28F4N6O4S/c1-16-10-33-37(34-16)15-18-8-21(27(29,30)31)4-2-17(18)3-7-25(38)35-11-19-13-36(14-20(19)12-35)26(39)23-6-5-22(9-24(23)28)42(32,40)41/h2,4-6,8-9,33H,3,7,10-15H2,1H3,(H2,32,40,41). The van der Waals surface area contributed by atoms with Crippen LogP contribution in [0.25, 0.3) is 0 Å². The number of nitrogens with two attached hydrogens (primary N) is 1. The summed E-state index contributed by atoms with van der Waals surface area (Å²) in [4.78, 5) is 28.6. The number of benzene rings is 2. The number of hydrogen-bond acceptors (Lipinski definition) is 7. The summed E-state index contributed by atoms with van der Waals surface area (Å²) in [7, 11) is -4.12. The monoisotopic (exact) mass is 608 g/mol. The fourth-order valence-corrected chi connectivity index (χ4v) is 5.77. The van der Waals surface area contributed by atoms with Crippen molar-refractivity contribution in [1.29, 1.82) is 0 Å². The maximum atomic E-state index is 14.5. The molecule has 0 unspecified atom stereocenters. The number of nitrogens with zero attached hydrogens (tertiary/aromatic N) is 4. The summed E-state index contributed by atoms with van der Waals surface area (Å²) in [5, 5.41) is 10.8. The van der Waals surface area contributed by atoms with Crippen LogP contribution in [0.1, 0.15) is 40.4 Å². The van der Waals surface area contributed by atoms with Gasteiger partial charge in [0.05, 0.1) is 34.8 Å². The Kier molecular flexibility index (Phi) is 7.85. The lowest BCUT2D eigenvalue weighted by Gasteiger charge is -2.24. The molecule has 224 valence electrons. The number of hydrazine groups is 1. The van der Waals surface area contributed by atoms with Crippen molar-refractivity contribution in [3.8, 4) is 0 Å². The van der Waals surface area contributed by atoms with E-state index in [0.29, 0.717) is 23.7 Å². The van der Waals surface area contributed by atoms with Gasteiger partial charge in [-0.1, -0.05) is 6.07 Å². The van der Waals surface area contributed by atoms with Crippen molar-refractivity contribution >= 4 is 27.5 Å². The highest BCUT2D eigenvalue weighted by Crippen LogP contribution is 2.32. The number of hydrazone groups is 1. The zero-order valence-electron chi connectivity index (χ0n) is 22.5. The van der Waals surface area contributed by atoms with Crippen LogP contribution in [0.15, 0.2) is 57.5 Å². The molecule has 10 nitrogen and oxygen atoms in total. The van der Waals surface area contributed by atoms with Crippen molar-refractivity contribution in [1.82, 2.24) is 20.3 Å². The molecule has 2 aromatic rings. The molecule has 15 heteroatoms. The molecule has 0 fully saturated rings. The molecule has 3 heterocycles. The molecule has 5 rings (SSSR count). The largest absolute Gasteiger partial charge is 0.416 e. The van der Waals surface area contributed by atoms with Crippen molar-refractivity contribution in [3.05, 3.63) is 75.6 Å². The third-order valence-corrected chi connectivity index (χ3v) is 8.35. The number of aryl methyl sites for hydroxylation is 1. The molecule has 0 spiro atoms. The summed E-state index contributed by atoms with van der Waals surface area (Å²) < 4.78 is 77.5. The lowest BCUT2D eigenvalue weighted by Crippen LogP contribution is -2.36. The van der Waals surface area contributed by atoms with E-state index in [0.717, 1.165) is 41.1 Å². The highest BCUT2D eigenvalue weighted by molar-refractivity contribution is 7.89. The van der Waals surface area contributed by atoms with E-state index < -0.39 is 38.4 Å². The molecular weight excluding hydrogens is 580 g/mol. The SMILES string of the molecule is CC1=NN(Cc2cc(C(F)(F)F)ccc2CCC(=O)N2CC3=C(C2)CN(C(=O)c2ccc(S(N)(=O)=O)cc2F)C3)NC1. The number of hydrogen-bond donors (Lipinski definition) is 2. The molecule has 0 radical (unpaired) electrons. The Morgan fingerprint density at radius 2 is 1.67 bits per heavy atom. The van der Waals surface area contributed by atoms with Gasteiger partial charge in [-0.25, -0.2) is 28.5 Å². The van der Waals surface area contributed by atoms with Gasteiger partial charge in [-0.2, -0.15) is 18.3 Å².